The van der Waals surface area contributed by atoms with Crippen LogP contribution in [0.4, 0.5) is 4.39 Å². The van der Waals surface area contributed by atoms with Crippen molar-refractivity contribution in [1.82, 2.24) is 9.80 Å². The molecule has 0 N–H and O–H groups in total. The Morgan fingerprint density at radius 1 is 1.31 bits per heavy atom. The van der Waals surface area contributed by atoms with Gasteiger partial charge in [-0.05, 0) is 12.5 Å². The van der Waals surface area contributed by atoms with E-state index >= 15 is 0 Å². The Labute approximate surface area is 152 Å². The van der Waals surface area contributed by atoms with Crippen molar-refractivity contribution in [3.8, 4) is 0 Å². The number of ether oxygens (including phenoxy) is 2. The fourth-order valence-corrected chi connectivity index (χ4v) is 3.78. The second-order valence-electron chi connectivity index (χ2n) is 6.63. The predicted molar refractivity (Wildman–Crippen MR) is 92.9 cm³/mol. The van der Waals surface area contributed by atoms with Gasteiger partial charge in [0.2, 0.25) is 11.8 Å². The fourth-order valence-electron chi connectivity index (χ4n) is 3.78. The van der Waals surface area contributed by atoms with Crippen molar-refractivity contribution in [3.05, 3.63) is 35.6 Å². The average Bonchev–Trinajstić information content (AvgIpc) is 2.67. The number of benzene rings is 1. The molecule has 2 atom stereocenters. The van der Waals surface area contributed by atoms with Crippen molar-refractivity contribution in [1.29, 1.82) is 0 Å². The summed E-state index contributed by atoms with van der Waals surface area (Å²) in [6, 6.07) is 5.78. The molecule has 3 rings (SSSR count). The molecule has 0 saturated carbocycles. The molecule has 1 aromatic carbocycles. The minimum absolute atomic E-state index is 0.0310. The molecule has 0 aromatic heterocycles. The van der Waals surface area contributed by atoms with E-state index in [2.05, 4.69) is 0 Å². The number of halogens is 1. The van der Waals surface area contributed by atoms with E-state index in [9.17, 15) is 14.0 Å². The quantitative estimate of drug-likeness (QED) is 0.797. The third-order valence-electron chi connectivity index (χ3n) is 5.11. The number of piperidine rings is 1. The molecule has 142 valence electrons. The second-order valence-corrected chi connectivity index (χ2v) is 6.63. The normalized spacial score (nSPS) is 24.0. The maximum absolute atomic E-state index is 14.6. The Morgan fingerprint density at radius 2 is 2.04 bits per heavy atom. The van der Waals surface area contributed by atoms with Crippen LogP contribution in [-0.2, 0) is 19.1 Å². The van der Waals surface area contributed by atoms with Crippen LogP contribution in [0.2, 0.25) is 0 Å². The van der Waals surface area contributed by atoms with Crippen LogP contribution < -0.4 is 0 Å². The van der Waals surface area contributed by atoms with Crippen LogP contribution >= 0.6 is 0 Å². The van der Waals surface area contributed by atoms with Gasteiger partial charge in [-0.25, -0.2) is 4.39 Å². The first-order chi connectivity index (χ1) is 12.6. The van der Waals surface area contributed by atoms with Crippen LogP contribution in [0.25, 0.3) is 0 Å². The summed E-state index contributed by atoms with van der Waals surface area (Å²) in [5.74, 6) is -0.952. The Balaban J connectivity index is 1.93. The van der Waals surface area contributed by atoms with E-state index in [1.807, 2.05) is 0 Å². The lowest BCUT2D eigenvalue weighted by atomic mass is 9.83. The highest BCUT2D eigenvalue weighted by Gasteiger charge is 2.43. The van der Waals surface area contributed by atoms with Gasteiger partial charge in [0.1, 0.15) is 5.82 Å². The summed E-state index contributed by atoms with van der Waals surface area (Å²) >= 11 is 0. The van der Waals surface area contributed by atoms with Crippen molar-refractivity contribution in [2.75, 3.05) is 46.6 Å². The lowest BCUT2D eigenvalue weighted by Crippen LogP contribution is -2.52. The Bertz CT molecular complexity index is 648. The molecule has 0 radical (unpaired) electrons. The molecule has 6 nitrogen and oxygen atoms in total. The van der Waals surface area contributed by atoms with Crippen molar-refractivity contribution < 1.29 is 23.5 Å². The monoisotopic (exact) mass is 364 g/mol. The lowest BCUT2D eigenvalue weighted by molar-refractivity contribution is -0.151. The summed E-state index contributed by atoms with van der Waals surface area (Å²) in [6.45, 7) is 2.76. The number of nitrogens with zero attached hydrogens (tertiary/aromatic N) is 2. The van der Waals surface area contributed by atoms with Gasteiger partial charge in [0.25, 0.3) is 0 Å². The number of carbonyl (C=O) groups is 2. The van der Waals surface area contributed by atoms with E-state index < -0.39 is 17.8 Å². The molecule has 2 saturated heterocycles. The molecule has 1 aromatic rings. The molecular weight excluding hydrogens is 339 g/mol. The molecular formula is C19H25FN2O4. The minimum atomic E-state index is -0.608. The van der Waals surface area contributed by atoms with Gasteiger partial charge in [0.05, 0.1) is 31.8 Å². The largest absolute Gasteiger partial charge is 0.383 e. The number of morpholine rings is 1. The van der Waals surface area contributed by atoms with E-state index in [0.29, 0.717) is 51.4 Å². The molecule has 2 amide bonds. The Morgan fingerprint density at radius 3 is 2.73 bits per heavy atom. The van der Waals surface area contributed by atoms with Crippen molar-refractivity contribution in [2.45, 2.75) is 18.9 Å². The van der Waals surface area contributed by atoms with Crippen LogP contribution in [0.1, 0.15) is 24.4 Å². The van der Waals surface area contributed by atoms with Gasteiger partial charge in [-0.1, -0.05) is 18.2 Å². The average molecular weight is 364 g/mol. The van der Waals surface area contributed by atoms with E-state index in [4.69, 9.17) is 9.47 Å². The summed E-state index contributed by atoms with van der Waals surface area (Å²) in [7, 11) is 1.56. The molecule has 0 unspecified atom stereocenters. The molecule has 2 heterocycles. The zero-order valence-electron chi connectivity index (χ0n) is 15.0. The van der Waals surface area contributed by atoms with Gasteiger partial charge in [-0.2, -0.15) is 0 Å². The van der Waals surface area contributed by atoms with E-state index in [1.54, 1.807) is 35.1 Å². The SMILES string of the molecule is COCCN1C(=O)CC[C@@H](C(=O)N2CCOCC2)[C@@H]1c1ccccc1F. The van der Waals surface area contributed by atoms with Gasteiger partial charge >= 0.3 is 0 Å². The summed E-state index contributed by atoms with van der Waals surface area (Å²) in [5.41, 5.74) is 0.392. The Hall–Kier alpha value is -1.99. The molecule has 7 heteroatoms. The third-order valence-corrected chi connectivity index (χ3v) is 5.11. The van der Waals surface area contributed by atoms with Gasteiger partial charge in [-0.15, -0.1) is 0 Å². The summed E-state index contributed by atoms with van der Waals surface area (Å²) in [5, 5.41) is 0. The van der Waals surface area contributed by atoms with E-state index in [-0.39, 0.29) is 18.2 Å². The number of hydrogen-bond donors (Lipinski definition) is 0. The van der Waals surface area contributed by atoms with Gasteiger partial charge in [-0.3, -0.25) is 9.59 Å². The molecule has 0 bridgehead atoms. The number of methoxy groups -OCH3 is 1. The third kappa shape index (κ3) is 3.88. The summed E-state index contributed by atoms with van der Waals surface area (Å²) in [6.07, 6.45) is 0.715. The lowest BCUT2D eigenvalue weighted by Gasteiger charge is -2.43. The second kappa shape index (κ2) is 8.60. The van der Waals surface area contributed by atoms with Crippen molar-refractivity contribution in [2.24, 2.45) is 5.92 Å². The van der Waals surface area contributed by atoms with E-state index in [0.717, 1.165) is 0 Å². The minimum Gasteiger partial charge on any atom is -0.383 e. The van der Waals surface area contributed by atoms with Crippen LogP contribution in [-0.4, -0.2) is 68.2 Å². The summed E-state index contributed by atoms with van der Waals surface area (Å²) in [4.78, 5) is 29.1. The predicted octanol–water partition coefficient (Wildman–Crippen LogP) is 1.61. The maximum atomic E-state index is 14.6. The molecule has 2 aliphatic rings. The maximum Gasteiger partial charge on any atom is 0.228 e. The number of hydrogen-bond acceptors (Lipinski definition) is 4. The molecule has 26 heavy (non-hydrogen) atoms. The standard InChI is InChI=1S/C19H25FN2O4/c1-25-11-10-22-17(23)7-6-15(19(24)21-8-12-26-13-9-21)18(22)14-4-2-3-5-16(14)20/h2-5,15,18H,6-13H2,1H3/t15-,18+/m1/s1. The van der Waals surface area contributed by atoms with Crippen molar-refractivity contribution >= 4 is 11.8 Å². The smallest absolute Gasteiger partial charge is 0.228 e. The van der Waals surface area contributed by atoms with Gasteiger partial charge < -0.3 is 19.3 Å². The fraction of sp³-hybridized carbons (Fsp3) is 0.579. The van der Waals surface area contributed by atoms with Crippen molar-refractivity contribution in [3.63, 3.8) is 0 Å². The van der Waals surface area contributed by atoms with Crippen LogP contribution in [0.5, 0.6) is 0 Å². The van der Waals surface area contributed by atoms with E-state index in [1.165, 1.54) is 6.07 Å². The molecule has 2 fully saturated rings. The first kappa shape index (κ1) is 18.8. The zero-order chi connectivity index (χ0) is 18.5. The summed E-state index contributed by atoms with van der Waals surface area (Å²) < 4.78 is 25.0. The zero-order valence-corrected chi connectivity index (χ0v) is 15.0. The van der Waals surface area contributed by atoms with Gasteiger partial charge in [0.15, 0.2) is 0 Å². The molecule has 0 spiro atoms. The van der Waals surface area contributed by atoms with Crippen LogP contribution in [0, 0.1) is 11.7 Å². The van der Waals surface area contributed by atoms with Gasteiger partial charge in [0, 0.05) is 38.7 Å². The highest BCUT2D eigenvalue weighted by molar-refractivity contribution is 5.85. The number of rotatable bonds is 5. The molecule has 0 aliphatic carbocycles. The Kier molecular flexibility index (Phi) is 6.21. The highest BCUT2D eigenvalue weighted by atomic mass is 19.1. The number of carbonyl (C=O) groups excluding carboxylic acids is 2. The van der Waals surface area contributed by atoms with Crippen LogP contribution in [0.15, 0.2) is 24.3 Å². The first-order valence-electron chi connectivity index (χ1n) is 9.03. The highest BCUT2D eigenvalue weighted by Crippen LogP contribution is 2.38. The van der Waals surface area contributed by atoms with Crippen LogP contribution in [0.3, 0.4) is 0 Å². The topological polar surface area (TPSA) is 59.1 Å². The number of amides is 2. The molecule has 2 aliphatic heterocycles. The number of likely N-dealkylation sites (tertiary alicyclic amines) is 1. The first-order valence-corrected chi connectivity index (χ1v) is 9.03.